The van der Waals surface area contributed by atoms with Crippen molar-refractivity contribution in [3.8, 4) is 0 Å². The Morgan fingerprint density at radius 1 is 1.47 bits per heavy atom. The molecular formula is C13H13BrClNO. The Morgan fingerprint density at radius 3 is 2.88 bits per heavy atom. The van der Waals surface area contributed by atoms with E-state index >= 15 is 0 Å². The molecule has 0 spiro atoms. The number of benzene rings is 1. The Morgan fingerprint density at radius 2 is 2.24 bits per heavy atom. The van der Waals surface area contributed by atoms with E-state index in [9.17, 15) is 4.79 Å². The van der Waals surface area contributed by atoms with Crippen LogP contribution in [0.5, 0.6) is 0 Å². The molecule has 0 saturated carbocycles. The van der Waals surface area contributed by atoms with Crippen LogP contribution >= 0.6 is 27.5 Å². The van der Waals surface area contributed by atoms with Gasteiger partial charge in [-0.1, -0.05) is 12.1 Å². The van der Waals surface area contributed by atoms with Gasteiger partial charge in [0.2, 0.25) is 0 Å². The minimum atomic E-state index is 0.0951. The van der Waals surface area contributed by atoms with Crippen molar-refractivity contribution in [3.05, 3.63) is 34.4 Å². The molecule has 17 heavy (non-hydrogen) atoms. The first-order valence-electron chi connectivity index (χ1n) is 5.49. The zero-order valence-corrected chi connectivity index (χ0v) is 11.9. The molecule has 0 amide bonds. The topological polar surface area (TPSA) is 22.0 Å². The fourth-order valence-corrected chi connectivity index (χ4v) is 2.71. The molecule has 0 saturated heterocycles. The molecule has 1 aromatic heterocycles. The average Bonchev–Trinajstić information content (AvgIpc) is 2.67. The molecule has 0 atom stereocenters. The van der Waals surface area contributed by atoms with Crippen molar-refractivity contribution >= 4 is 44.2 Å². The van der Waals surface area contributed by atoms with E-state index in [0.29, 0.717) is 5.88 Å². The molecule has 4 heteroatoms. The lowest BCUT2D eigenvalue weighted by Gasteiger charge is -2.04. The summed E-state index contributed by atoms with van der Waals surface area (Å²) in [4.78, 5) is 11.6. The van der Waals surface area contributed by atoms with Crippen molar-refractivity contribution < 1.29 is 4.79 Å². The normalized spacial score (nSPS) is 11.0. The highest BCUT2D eigenvalue weighted by molar-refractivity contribution is 9.10. The molecule has 1 heterocycles. The summed E-state index contributed by atoms with van der Waals surface area (Å²) in [5.41, 5.74) is 1.85. The Bertz CT molecular complexity index is 562. The molecule has 2 rings (SSSR count). The molecule has 0 bridgehead atoms. The van der Waals surface area contributed by atoms with Gasteiger partial charge in [-0.25, -0.2) is 0 Å². The van der Waals surface area contributed by atoms with Gasteiger partial charge in [0.15, 0.2) is 5.78 Å². The molecule has 0 unspecified atom stereocenters. The van der Waals surface area contributed by atoms with Gasteiger partial charge in [-0.05, 0) is 35.3 Å². The molecule has 0 radical (unpaired) electrons. The van der Waals surface area contributed by atoms with Crippen molar-refractivity contribution in [1.29, 1.82) is 0 Å². The second kappa shape index (κ2) is 5.23. The number of aryl methyl sites for hydroxylation is 1. The number of carbonyl (C=O) groups excluding carboxylic acids is 1. The first kappa shape index (κ1) is 12.7. The van der Waals surface area contributed by atoms with Crippen molar-refractivity contribution in [2.75, 3.05) is 5.88 Å². The van der Waals surface area contributed by atoms with Crippen LogP contribution < -0.4 is 0 Å². The van der Waals surface area contributed by atoms with Crippen molar-refractivity contribution in [2.45, 2.75) is 19.9 Å². The summed E-state index contributed by atoms with van der Waals surface area (Å²) in [6.45, 7) is 2.43. The zero-order chi connectivity index (χ0) is 12.4. The molecule has 0 fully saturated rings. The SMILES string of the molecule is CC(=O)c1cn(CCCCl)c2c(Br)cccc12. The van der Waals surface area contributed by atoms with E-state index < -0.39 is 0 Å². The number of carbonyl (C=O) groups is 1. The summed E-state index contributed by atoms with van der Waals surface area (Å²) in [6.07, 6.45) is 2.81. The van der Waals surface area contributed by atoms with E-state index in [1.165, 1.54) is 0 Å². The molecular weight excluding hydrogens is 302 g/mol. The maximum atomic E-state index is 11.6. The largest absolute Gasteiger partial charge is 0.346 e. The Balaban J connectivity index is 2.63. The van der Waals surface area contributed by atoms with E-state index in [1.54, 1.807) is 6.92 Å². The number of hydrogen-bond acceptors (Lipinski definition) is 1. The van der Waals surface area contributed by atoms with E-state index in [2.05, 4.69) is 20.5 Å². The van der Waals surface area contributed by atoms with Crippen LogP contribution in [0.2, 0.25) is 0 Å². The number of nitrogens with zero attached hydrogens (tertiary/aromatic N) is 1. The number of alkyl halides is 1. The maximum absolute atomic E-state index is 11.6. The number of fused-ring (bicyclic) bond motifs is 1. The lowest BCUT2D eigenvalue weighted by molar-refractivity contribution is 0.101. The zero-order valence-electron chi connectivity index (χ0n) is 9.54. The summed E-state index contributed by atoms with van der Waals surface area (Å²) in [5, 5.41) is 1.00. The van der Waals surface area contributed by atoms with Crippen molar-refractivity contribution in [1.82, 2.24) is 4.57 Å². The quantitative estimate of drug-likeness (QED) is 0.611. The van der Waals surface area contributed by atoms with Crippen LogP contribution in [-0.4, -0.2) is 16.2 Å². The number of rotatable bonds is 4. The molecule has 2 aromatic rings. The fraction of sp³-hybridized carbons (Fsp3) is 0.308. The van der Waals surface area contributed by atoms with Crippen LogP contribution in [0.15, 0.2) is 28.9 Å². The average molecular weight is 315 g/mol. The van der Waals surface area contributed by atoms with E-state index in [4.69, 9.17) is 11.6 Å². The Hall–Kier alpha value is -0.800. The number of ketones is 1. The Labute approximate surface area is 114 Å². The Kier molecular flexibility index (Phi) is 3.89. The number of hydrogen-bond donors (Lipinski definition) is 0. The second-order valence-corrected chi connectivity index (χ2v) is 5.20. The van der Waals surface area contributed by atoms with Gasteiger partial charge in [-0.2, -0.15) is 0 Å². The van der Waals surface area contributed by atoms with Crippen LogP contribution in [0.3, 0.4) is 0 Å². The summed E-state index contributed by atoms with van der Waals surface area (Å²) in [6, 6.07) is 5.92. The van der Waals surface area contributed by atoms with Crippen LogP contribution in [0.1, 0.15) is 23.7 Å². The van der Waals surface area contributed by atoms with Gasteiger partial charge in [0.05, 0.1) is 5.52 Å². The molecule has 0 N–H and O–H groups in total. The minimum Gasteiger partial charge on any atom is -0.346 e. The predicted molar refractivity (Wildman–Crippen MR) is 75.0 cm³/mol. The van der Waals surface area contributed by atoms with Crippen molar-refractivity contribution in [3.63, 3.8) is 0 Å². The maximum Gasteiger partial charge on any atom is 0.161 e. The number of aromatic nitrogens is 1. The number of Topliss-reactive ketones (excluding diaryl/α,β-unsaturated/α-hetero) is 1. The predicted octanol–water partition coefficient (Wildman–Crippen LogP) is 4.24. The minimum absolute atomic E-state index is 0.0951. The number of halogens is 2. The van der Waals surface area contributed by atoms with Crippen LogP contribution in [-0.2, 0) is 6.54 Å². The highest BCUT2D eigenvalue weighted by atomic mass is 79.9. The summed E-state index contributed by atoms with van der Waals surface area (Å²) < 4.78 is 3.11. The molecule has 2 nitrogen and oxygen atoms in total. The van der Waals surface area contributed by atoms with Gasteiger partial charge >= 0.3 is 0 Å². The first-order chi connectivity index (χ1) is 8.15. The lowest BCUT2D eigenvalue weighted by Crippen LogP contribution is -1.97. The molecule has 1 aromatic carbocycles. The monoisotopic (exact) mass is 313 g/mol. The molecule has 90 valence electrons. The van der Waals surface area contributed by atoms with E-state index in [1.807, 2.05) is 24.4 Å². The van der Waals surface area contributed by atoms with Gasteiger partial charge < -0.3 is 4.57 Å². The van der Waals surface area contributed by atoms with Gasteiger partial charge in [0.1, 0.15) is 0 Å². The molecule has 0 aliphatic carbocycles. The fourth-order valence-electron chi connectivity index (χ4n) is 2.00. The second-order valence-electron chi connectivity index (χ2n) is 3.97. The van der Waals surface area contributed by atoms with Crippen LogP contribution in [0.25, 0.3) is 10.9 Å². The van der Waals surface area contributed by atoms with E-state index in [0.717, 1.165) is 33.9 Å². The molecule has 0 aliphatic rings. The standard InChI is InChI=1S/C13H13BrClNO/c1-9(17)11-8-16(7-3-6-15)13-10(11)4-2-5-12(13)14/h2,4-5,8H,3,6-7H2,1H3. The first-order valence-corrected chi connectivity index (χ1v) is 6.82. The highest BCUT2D eigenvalue weighted by Gasteiger charge is 2.13. The van der Waals surface area contributed by atoms with Crippen LogP contribution in [0.4, 0.5) is 0 Å². The molecule has 0 aliphatic heterocycles. The third-order valence-corrected chi connectivity index (χ3v) is 3.67. The van der Waals surface area contributed by atoms with Gasteiger partial charge in [-0.15, -0.1) is 11.6 Å². The van der Waals surface area contributed by atoms with E-state index in [-0.39, 0.29) is 5.78 Å². The third kappa shape index (κ3) is 2.40. The smallest absolute Gasteiger partial charge is 0.161 e. The summed E-state index contributed by atoms with van der Waals surface area (Å²) in [7, 11) is 0. The van der Waals surface area contributed by atoms with Gasteiger partial charge in [0, 0.05) is 34.0 Å². The third-order valence-electron chi connectivity index (χ3n) is 2.76. The van der Waals surface area contributed by atoms with Crippen LogP contribution in [0, 0.1) is 0 Å². The lowest BCUT2D eigenvalue weighted by atomic mass is 10.1. The number of para-hydroxylation sites is 1. The van der Waals surface area contributed by atoms with Crippen molar-refractivity contribution in [2.24, 2.45) is 0 Å². The van der Waals surface area contributed by atoms with Gasteiger partial charge in [0.25, 0.3) is 0 Å². The summed E-state index contributed by atoms with van der Waals surface area (Å²) >= 11 is 9.26. The summed E-state index contributed by atoms with van der Waals surface area (Å²) in [5.74, 6) is 0.720. The van der Waals surface area contributed by atoms with Gasteiger partial charge in [-0.3, -0.25) is 4.79 Å². The highest BCUT2D eigenvalue weighted by Crippen LogP contribution is 2.28.